The molecule has 0 aliphatic rings. The number of methoxy groups -OCH3 is 1. The van der Waals surface area contributed by atoms with E-state index in [-0.39, 0.29) is 0 Å². The van der Waals surface area contributed by atoms with Crippen molar-refractivity contribution in [2.24, 2.45) is 0 Å². The minimum absolute atomic E-state index is 0.298. The lowest BCUT2D eigenvalue weighted by Crippen LogP contribution is -2.25. The molecule has 0 aliphatic carbocycles. The van der Waals surface area contributed by atoms with E-state index < -0.39 is 16.6 Å². The number of hydrogen-bond acceptors (Lipinski definition) is 4. The molecule has 16 heavy (non-hydrogen) atoms. The van der Waals surface area contributed by atoms with Crippen molar-refractivity contribution >= 4 is 27.7 Å². The fourth-order valence-corrected chi connectivity index (χ4v) is 1.55. The number of esters is 1. The molecule has 0 saturated carbocycles. The SMILES string of the molecule is COC(=O)C(Br)C(=O)c1cccc(C#N)c1. The van der Waals surface area contributed by atoms with Crippen molar-refractivity contribution in [3.05, 3.63) is 35.4 Å². The molecule has 0 aliphatic heterocycles. The first-order valence-electron chi connectivity index (χ1n) is 4.36. The Balaban J connectivity index is 2.97. The summed E-state index contributed by atoms with van der Waals surface area (Å²) in [6.45, 7) is 0. The van der Waals surface area contributed by atoms with E-state index in [0.29, 0.717) is 11.1 Å². The van der Waals surface area contributed by atoms with E-state index in [1.165, 1.54) is 13.2 Å². The van der Waals surface area contributed by atoms with Crippen molar-refractivity contribution in [1.82, 2.24) is 0 Å². The van der Waals surface area contributed by atoms with Gasteiger partial charge in [0.2, 0.25) is 0 Å². The molecule has 1 atom stereocenters. The molecule has 1 rings (SSSR count). The van der Waals surface area contributed by atoms with Gasteiger partial charge in [0.05, 0.1) is 18.7 Å². The highest BCUT2D eigenvalue weighted by atomic mass is 79.9. The van der Waals surface area contributed by atoms with Crippen LogP contribution in [0.15, 0.2) is 24.3 Å². The number of nitriles is 1. The number of carbonyl (C=O) groups excluding carboxylic acids is 2. The third kappa shape index (κ3) is 2.67. The lowest BCUT2D eigenvalue weighted by Gasteiger charge is -2.06. The van der Waals surface area contributed by atoms with Gasteiger partial charge in [0.25, 0.3) is 0 Å². The molecule has 82 valence electrons. The predicted octanol–water partition coefficient (Wildman–Crippen LogP) is 1.68. The maximum Gasteiger partial charge on any atom is 0.327 e. The van der Waals surface area contributed by atoms with Crippen LogP contribution in [-0.4, -0.2) is 23.7 Å². The Kier molecular flexibility index (Phi) is 4.20. The number of alkyl halides is 1. The molecular formula is C11H8BrNO3. The van der Waals surface area contributed by atoms with Gasteiger partial charge in [-0.2, -0.15) is 5.26 Å². The summed E-state index contributed by atoms with van der Waals surface area (Å²) in [4.78, 5) is 21.8. The van der Waals surface area contributed by atoms with E-state index in [0.717, 1.165) is 0 Å². The van der Waals surface area contributed by atoms with Crippen molar-refractivity contribution in [3.8, 4) is 6.07 Å². The van der Waals surface area contributed by atoms with Gasteiger partial charge in [-0.25, -0.2) is 0 Å². The Labute approximate surface area is 101 Å². The van der Waals surface area contributed by atoms with Crippen molar-refractivity contribution in [1.29, 1.82) is 5.26 Å². The van der Waals surface area contributed by atoms with Gasteiger partial charge in [-0.1, -0.05) is 28.1 Å². The van der Waals surface area contributed by atoms with Crippen molar-refractivity contribution < 1.29 is 14.3 Å². The highest BCUT2D eigenvalue weighted by molar-refractivity contribution is 9.10. The largest absolute Gasteiger partial charge is 0.468 e. The zero-order chi connectivity index (χ0) is 12.1. The number of hydrogen-bond donors (Lipinski definition) is 0. The van der Waals surface area contributed by atoms with Crippen LogP contribution in [0.5, 0.6) is 0 Å². The third-order valence-electron chi connectivity index (χ3n) is 1.91. The molecule has 0 heterocycles. The molecule has 0 N–H and O–H groups in total. The fourth-order valence-electron chi connectivity index (χ4n) is 1.10. The Bertz CT molecular complexity index is 465. The van der Waals surface area contributed by atoms with Crippen molar-refractivity contribution in [2.45, 2.75) is 4.83 Å². The van der Waals surface area contributed by atoms with Crippen LogP contribution in [-0.2, 0) is 9.53 Å². The van der Waals surface area contributed by atoms with E-state index in [9.17, 15) is 9.59 Å². The zero-order valence-corrected chi connectivity index (χ0v) is 10.0. The van der Waals surface area contributed by atoms with E-state index >= 15 is 0 Å². The van der Waals surface area contributed by atoms with E-state index in [2.05, 4.69) is 20.7 Å². The molecule has 1 aromatic carbocycles. The summed E-state index contributed by atoms with van der Waals surface area (Å²) in [5.74, 6) is -1.09. The Hall–Kier alpha value is -1.67. The monoisotopic (exact) mass is 281 g/mol. The van der Waals surface area contributed by atoms with Crippen molar-refractivity contribution in [3.63, 3.8) is 0 Å². The highest BCUT2D eigenvalue weighted by Crippen LogP contribution is 2.13. The number of rotatable bonds is 3. The second kappa shape index (κ2) is 5.42. The summed E-state index contributed by atoms with van der Waals surface area (Å²) in [5.41, 5.74) is 0.668. The number of ether oxygens (including phenoxy) is 1. The Morgan fingerprint density at radius 3 is 2.75 bits per heavy atom. The summed E-state index contributed by atoms with van der Waals surface area (Å²) in [7, 11) is 1.20. The van der Waals surface area contributed by atoms with Crippen LogP contribution in [0.1, 0.15) is 15.9 Å². The second-order valence-electron chi connectivity index (χ2n) is 2.94. The summed E-state index contributed by atoms with van der Waals surface area (Å²) in [6, 6.07) is 8.06. The van der Waals surface area contributed by atoms with Gasteiger partial charge in [0.1, 0.15) is 0 Å². The fraction of sp³-hybridized carbons (Fsp3) is 0.182. The van der Waals surface area contributed by atoms with Crippen LogP contribution >= 0.6 is 15.9 Å². The van der Waals surface area contributed by atoms with Gasteiger partial charge in [0, 0.05) is 5.56 Å². The molecule has 4 nitrogen and oxygen atoms in total. The average Bonchev–Trinajstić information content (AvgIpc) is 2.36. The van der Waals surface area contributed by atoms with Crippen LogP contribution in [0, 0.1) is 11.3 Å². The number of nitrogens with zero attached hydrogens (tertiary/aromatic N) is 1. The molecule has 0 saturated heterocycles. The quantitative estimate of drug-likeness (QED) is 0.366. The molecule has 0 amide bonds. The minimum Gasteiger partial charge on any atom is -0.468 e. The Morgan fingerprint density at radius 1 is 1.50 bits per heavy atom. The predicted molar refractivity (Wildman–Crippen MR) is 60.2 cm³/mol. The smallest absolute Gasteiger partial charge is 0.327 e. The lowest BCUT2D eigenvalue weighted by atomic mass is 10.1. The zero-order valence-electron chi connectivity index (χ0n) is 8.44. The topological polar surface area (TPSA) is 67.2 Å². The maximum absolute atomic E-state index is 11.8. The first-order chi connectivity index (χ1) is 7.60. The lowest BCUT2D eigenvalue weighted by molar-refractivity contribution is -0.138. The van der Waals surface area contributed by atoms with Crippen LogP contribution < -0.4 is 0 Å². The van der Waals surface area contributed by atoms with Gasteiger partial charge in [-0.15, -0.1) is 0 Å². The van der Waals surface area contributed by atoms with E-state index in [1.807, 2.05) is 6.07 Å². The van der Waals surface area contributed by atoms with Gasteiger partial charge in [-0.05, 0) is 12.1 Å². The van der Waals surface area contributed by atoms with Gasteiger partial charge in [-0.3, -0.25) is 9.59 Å². The van der Waals surface area contributed by atoms with Crippen LogP contribution in [0.3, 0.4) is 0 Å². The second-order valence-corrected chi connectivity index (χ2v) is 3.86. The minimum atomic E-state index is -1.04. The molecule has 0 aromatic heterocycles. The number of Topliss-reactive ketones (excluding diaryl/α,β-unsaturated/α-hetero) is 1. The molecule has 1 aromatic rings. The molecule has 0 bridgehead atoms. The van der Waals surface area contributed by atoms with Gasteiger partial charge < -0.3 is 4.74 Å². The van der Waals surface area contributed by atoms with Crippen LogP contribution in [0.4, 0.5) is 0 Å². The molecule has 0 radical (unpaired) electrons. The summed E-state index contributed by atoms with van der Waals surface area (Å²) >= 11 is 2.95. The number of benzene rings is 1. The third-order valence-corrected chi connectivity index (χ3v) is 2.70. The standard InChI is InChI=1S/C11H8BrNO3/c1-16-11(15)9(12)10(14)8-4-2-3-7(5-8)6-13/h2-5,9H,1H3. The summed E-state index contributed by atoms with van der Waals surface area (Å²) in [6.07, 6.45) is 0. The number of ketones is 1. The summed E-state index contributed by atoms with van der Waals surface area (Å²) in [5, 5.41) is 8.67. The number of halogens is 1. The van der Waals surface area contributed by atoms with E-state index in [1.54, 1.807) is 18.2 Å². The molecule has 1 unspecified atom stereocenters. The maximum atomic E-state index is 11.8. The van der Waals surface area contributed by atoms with Gasteiger partial charge in [0.15, 0.2) is 10.6 Å². The Morgan fingerprint density at radius 2 is 2.19 bits per heavy atom. The molecule has 0 spiro atoms. The van der Waals surface area contributed by atoms with Crippen molar-refractivity contribution in [2.75, 3.05) is 7.11 Å². The molecular weight excluding hydrogens is 274 g/mol. The van der Waals surface area contributed by atoms with Crippen LogP contribution in [0.25, 0.3) is 0 Å². The van der Waals surface area contributed by atoms with Crippen LogP contribution in [0.2, 0.25) is 0 Å². The first-order valence-corrected chi connectivity index (χ1v) is 5.28. The van der Waals surface area contributed by atoms with E-state index in [4.69, 9.17) is 5.26 Å². The number of carbonyl (C=O) groups is 2. The average molecular weight is 282 g/mol. The molecule has 5 heteroatoms. The highest BCUT2D eigenvalue weighted by Gasteiger charge is 2.25. The normalized spacial score (nSPS) is 11.3. The summed E-state index contributed by atoms with van der Waals surface area (Å²) < 4.78 is 4.44. The first kappa shape index (κ1) is 12.4. The van der Waals surface area contributed by atoms with Gasteiger partial charge >= 0.3 is 5.97 Å². The molecule has 0 fully saturated rings.